The van der Waals surface area contributed by atoms with Crippen LogP contribution < -0.4 is 9.30 Å². The predicted molar refractivity (Wildman–Crippen MR) is 274 cm³/mol. The Morgan fingerprint density at radius 2 is 1.17 bits per heavy atom. The number of rotatable bonds is 8. The van der Waals surface area contributed by atoms with Gasteiger partial charge in [-0.1, -0.05) is 178 Å². The van der Waals surface area contributed by atoms with Crippen LogP contribution in [0.25, 0.3) is 72.3 Å². The Kier molecular flexibility index (Phi) is 9.96. The van der Waals surface area contributed by atoms with Crippen molar-refractivity contribution in [2.75, 3.05) is 0 Å². The largest absolute Gasteiger partial charge is 0.458 e. The molecule has 0 unspecified atom stereocenters. The number of ether oxygens (including phenoxy) is 1. The first-order valence-electron chi connectivity index (χ1n) is 24.0. The maximum atomic E-state index is 9.04. The lowest BCUT2D eigenvalue weighted by atomic mass is 9.84. The maximum absolute atomic E-state index is 9.04. The van der Waals surface area contributed by atoms with Crippen LogP contribution in [-0.4, -0.2) is 14.1 Å². The van der Waals surface area contributed by atoms with Gasteiger partial charge in [-0.05, 0) is 110 Å². The second-order valence-electron chi connectivity index (χ2n) is 20.5. The lowest BCUT2D eigenvalue weighted by Gasteiger charge is -2.23. The number of hydrogen-bond donors (Lipinski definition) is 0. The topological polar surface area (TPSA) is 35.9 Å². The molecular weight excluding hydrogens is 805 g/mol. The van der Waals surface area contributed by atoms with E-state index < -0.39 is 11.8 Å². The van der Waals surface area contributed by atoms with Crippen LogP contribution in [-0.2, 0) is 17.2 Å². The molecule has 0 bridgehead atoms. The Hall–Kier alpha value is -7.24. The highest BCUT2D eigenvalue weighted by atomic mass is 16.5. The Balaban J connectivity index is 1.09. The van der Waals surface area contributed by atoms with Crippen LogP contribution in [0.5, 0.6) is 11.5 Å². The zero-order valence-electron chi connectivity index (χ0n) is 41.4. The maximum Gasteiger partial charge on any atom is 0.269 e. The highest BCUT2D eigenvalue weighted by Crippen LogP contribution is 2.39. The van der Waals surface area contributed by atoms with E-state index in [1.807, 2.05) is 57.2 Å². The van der Waals surface area contributed by atoms with Crippen molar-refractivity contribution in [1.82, 2.24) is 14.1 Å². The first-order chi connectivity index (χ1) is 32.4. The second-order valence-corrected chi connectivity index (χ2v) is 20.5. The van der Waals surface area contributed by atoms with Crippen LogP contribution in [0.1, 0.15) is 81.7 Å². The lowest BCUT2D eigenvalue weighted by Crippen LogP contribution is -2.31. The van der Waals surface area contributed by atoms with E-state index in [2.05, 4.69) is 189 Å². The van der Waals surface area contributed by atoms with Crippen molar-refractivity contribution in [3.05, 3.63) is 199 Å². The number of pyridine rings is 1. The molecule has 3 aromatic heterocycles. The van der Waals surface area contributed by atoms with Crippen molar-refractivity contribution in [3.63, 3.8) is 0 Å². The summed E-state index contributed by atoms with van der Waals surface area (Å²) >= 11 is 0. The number of imidazole rings is 1. The van der Waals surface area contributed by atoms with Crippen LogP contribution in [0.15, 0.2) is 176 Å². The van der Waals surface area contributed by atoms with Gasteiger partial charge in [0.05, 0.1) is 33.4 Å². The quantitative estimate of drug-likeness (QED) is 0.113. The summed E-state index contributed by atoms with van der Waals surface area (Å²) in [6.45, 7) is 19.4. The summed E-state index contributed by atoms with van der Waals surface area (Å²) in [4.78, 5) is 4.80. The molecule has 7 aromatic carbocycles. The Labute approximate surface area is 392 Å². The normalized spacial score (nSPS) is 13.0. The number of hydrogen-bond acceptors (Lipinski definition) is 2. The van der Waals surface area contributed by atoms with Crippen molar-refractivity contribution < 1.29 is 12.0 Å². The van der Waals surface area contributed by atoms with Crippen LogP contribution in [0.4, 0.5) is 0 Å². The number of fused-ring (bicyclic) bond motifs is 4. The average Bonchev–Trinajstić information content (AvgIpc) is 3.86. The molecule has 328 valence electrons. The number of nitrogens with zero attached hydrogens (tertiary/aromatic N) is 4. The number of benzene rings is 7. The van der Waals surface area contributed by atoms with Gasteiger partial charge < -0.3 is 4.74 Å². The van der Waals surface area contributed by atoms with Gasteiger partial charge >= 0.3 is 0 Å². The molecular formula is C61H58N4O. The molecule has 0 aliphatic rings. The molecule has 0 amide bonds. The molecule has 10 aromatic rings. The molecule has 0 N–H and O–H groups in total. The SMILES string of the molecule is [2H]C([2H])(c1ccnc(-n2c3ccccc3c3ccc(Oc4cccc(-n5[c-][n+](-c6c(-c7cccc(C(C)(C)C)c7)cccc6-c6cccc(C(C)(C)C)c6)c6ccccc65)c4)cc32)c1)C(C)(C)C. The van der Waals surface area contributed by atoms with E-state index >= 15 is 0 Å². The van der Waals surface area contributed by atoms with Gasteiger partial charge in [-0.3, -0.25) is 13.7 Å². The summed E-state index contributed by atoms with van der Waals surface area (Å²) in [6.07, 6.45) is 3.99. The van der Waals surface area contributed by atoms with Gasteiger partial charge in [-0.25, -0.2) is 4.98 Å². The summed E-state index contributed by atoms with van der Waals surface area (Å²) in [5, 5.41) is 2.14. The summed E-state index contributed by atoms with van der Waals surface area (Å²) < 4.78 is 31.3. The highest BCUT2D eigenvalue weighted by molar-refractivity contribution is 6.09. The van der Waals surface area contributed by atoms with Crippen LogP contribution >= 0.6 is 0 Å². The lowest BCUT2D eigenvalue weighted by molar-refractivity contribution is -0.571. The smallest absolute Gasteiger partial charge is 0.269 e. The van der Waals surface area contributed by atoms with Crippen molar-refractivity contribution in [2.24, 2.45) is 5.41 Å². The van der Waals surface area contributed by atoms with E-state index in [0.717, 1.165) is 66.5 Å². The highest BCUT2D eigenvalue weighted by Gasteiger charge is 2.23. The van der Waals surface area contributed by atoms with Gasteiger partial charge in [0, 0.05) is 25.8 Å². The van der Waals surface area contributed by atoms with Crippen LogP contribution in [0.3, 0.4) is 0 Å². The summed E-state index contributed by atoms with van der Waals surface area (Å²) in [6, 6.07) is 59.4. The van der Waals surface area contributed by atoms with Gasteiger partial charge in [0.1, 0.15) is 17.3 Å². The van der Waals surface area contributed by atoms with E-state index in [1.54, 1.807) is 12.3 Å². The summed E-state index contributed by atoms with van der Waals surface area (Å²) in [5.74, 6) is 2.00. The molecule has 5 heteroatoms. The minimum atomic E-state index is -1.58. The third-order valence-electron chi connectivity index (χ3n) is 12.4. The Morgan fingerprint density at radius 3 is 1.85 bits per heavy atom. The molecule has 3 heterocycles. The van der Waals surface area contributed by atoms with Crippen molar-refractivity contribution in [2.45, 2.75) is 79.5 Å². The fourth-order valence-corrected chi connectivity index (χ4v) is 9.11. The third-order valence-corrected chi connectivity index (χ3v) is 12.4. The van der Waals surface area contributed by atoms with Crippen molar-refractivity contribution in [3.8, 4) is 50.9 Å². The molecule has 66 heavy (non-hydrogen) atoms. The molecule has 0 saturated heterocycles. The van der Waals surface area contributed by atoms with Crippen LogP contribution in [0, 0.1) is 11.7 Å². The first-order valence-corrected chi connectivity index (χ1v) is 23.0. The molecule has 0 spiro atoms. The number of aromatic nitrogens is 4. The van der Waals surface area contributed by atoms with E-state index in [1.165, 1.54) is 11.1 Å². The van der Waals surface area contributed by atoms with E-state index in [-0.39, 0.29) is 10.8 Å². The summed E-state index contributed by atoms with van der Waals surface area (Å²) in [7, 11) is 0. The minimum Gasteiger partial charge on any atom is -0.458 e. The molecule has 0 atom stereocenters. The zero-order valence-corrected chi connectivity index (χ0v) is 39.4. The van der Waals surface area contributed by atoms with E-state index in [9.17, 15) is 0 Å². The summed E-state index contributed by atoms with van der Waals surface area (Å²) in [5.41, 5.74) is 13.0. The molecule has 0 saturated carbocycles. The van der Waals surface area contributed by atoms with Crippen LogP contribution in [0.2, 0.25) is 0 Å². The standard InChI is InChI=1S/C61H58N4O/c1-59(2,3)39-41-32-33-62-57(34-41)65-53-27-11-10-24-51(53)52-31-30-48(38-56(52)65)66-47-23-16-22-46(37-47)63-40-64(55-29-13-12-28-54(55)63)58-49(42-18-14-20-44(35-42)60(4,5)6)25-17-26-50(58)43-19-15-21-45(36-43)61(7,8)9/h10-38H,39H2,1-9H3/i39D2. The van der Waals surface area contributed by atoms with Gasteiger partial charge in [0.25, 0.3) is 6.33 Å². The molecule has 0 aliphatic carbocycles. The average molecular weight is 865 g/mol. The minimum absolute atomic E-state index is 0.0184. The van der Waals surface area contributed by atoms with Gasteiger partial charge in [-0.15, -0.1) is 0 Å². The van der Waals surface area contributed by atoms with E-state index in [4.69, 9.17) is 12.5 Å². The molecule has 0 fully saturated rings. The van der Waals surface area contributed by atoms with Crippen molar-refractivity contribution in [1.29, 1.82) is 0 Å². The fraction of sp³-hybridized carbons (Fsp3) is 0.213. The molecule has 5 nitrogen and oxygen atoms in total. The molecule has 0 radical (unpaired) electrons. The van der Waals surface area contributed by atoms with E-state index in [0.29, 0.717) is 22.9 Å². The Bertz CT molecular complexity index is 3460. The fourth-order valence-electron chi connectivity index (χ4n) is 9.11. The second kappa shape index (κ2) is 16.3. The zero-order chi connectivity index (χ0) is 47.8. The number of para-hydroxylation sites is 4. The molecule has 10 rings (SSSR count). The first kappa shape index (κ1) is 40.3. The predicted octanol–water partition coefficient (Wildman–Crippen LogP) is 15.5. The van der Waals surface area contributed by atoms with Gasteiger partial charge in [0.15, 0.2) is 0 Å². The van der Waals surface area contributed by atoms with Gasteiger partial charge in [-0.2, -0.15) is 0 Å². The van der Waals surface area contributed by atoms with Gasteiger partial charge in [0.2, 0.25) is 0 Å². The van der Waals surface area contributed by atoms with Crippen molar-refractivity contribution >= 4 is 32.8 Å². The Morgan fingerprint density at radius 1 is 0.561 bits per heavy atom. The monoisotopic (exact) mass is 864 g/mol. The molecule has 0 aliphatic heterocycles. The third kappa shape index (κ3) is 8.19.